The second kappa shape index (κ2) is 7.91. The number of fused-ring (bicyclic) bond motifs is 3. The van der Waals surface area contributed by atoms with Crippen molar-refractivity contribution < 1.29 is 9.53 Å². The van der Waals surface area contributed by atoms with Crippen molar-refractivity contribution in [2.24, 2.45) is 0 Å². The highest BCUT2D eigenvalue weighted by Crippen LogP contribution is 2.31. The van der Waals surface area contributed by atoms with E-state index in [9.17, 15) is 4.79 Å². The van der Waals surface area contributed by atoms with Crippen LogP contribution in [0, 0.1) is 13.8 Å². The van der Waals surface area contributed by atoms with E-state index in [1.807, 2.05) is 44.2 Å². The van der Waals surface area contributed by atoms with E-state index in [4.69, 9.17) is 4.74 Å². The number of nitrogens with zero attached hydrogens (tertiary/aromatic N) is 1. The van der Waals surface area contributed by atoms with E-state index in [1.165, 1.54) is 16.4 Å². The zero-order valence-corrected chi connectivity index (χ0v) is 18.3. The van der Waals surface area contributed by atoms with Gasteiger partial charge in [-0.2, -0.15) is 0 Å². The van der Waals surface area contributed by atoms with Gasteiger partial charge in [0.2, 0.25) is 0 Å². The summed E-state index contributed by atoms with van der Waals surface area (Å²) in [6, 6.07) is 18.3. The van der Waals surface area contributed by atoms with Gasteiger partial charge in [-0.3, -0.25) is 4.79 Å². The molecule has 0 saturated heterocycles. The molecule has 0 saturated carbocycles. The molecule has 0 bridgehead atoms. The molecule has 5 heteroatoms. The van der Waals surface area contributed by atoms with Gasteiger partial charge in [0.05, 0.1) is 0 Å². The Labute approximate surface area is 178 Å². The molecule has 0 unspecified atom stereocenters. The molecule has 148 valence electrons. The van der Waals surface area contributed by atoms with Crippen LogP contribution in [0.4, 0.5) is 5.69 Å². The number of carbonyl (C=O) groups excluding carboxylic acids is 1. The van der Waals surface area contributed by atoms with Gasteiger partial charge in [0.1, 0.15) is 5.75 Å². The number of hydrogen-bond acceptors (Lipinski definition) is 2. The first-order chi connectivity index (χ1) is 14.0. The minimum atomic E-state index is -0.177. The lowest BCUT2D eigenvalue weighted by Gasteiger charge is -2.11. The second-order valence-electron chi connectivity index (χ2n) is 7.20. The van der Waals surface area contributed by atoms with Crippen LogP contribution in [0.3, 0.4) is 0 Å². The minimum absolute atomic E-state index is 0.0311. The van der Waals surface area contributed by atoms with E-state index in [0.29, 0.717) is 0 Å². The molecule has 4 rings (SSSR count). The topological polar surface area (TPSA) is 43.3 Å². The quantitative estimate of drug-likeness (QED) is 0.392. The molecule has 4 nitrogen and oxygen atoms in total. The largest absolute Gasteiger partial charge is 0.483 e. The Morgan fingerprint density at radius 1 is 1.00 bits per heavy atom. The SMILES string of the molecule is CCn1c2ccccc2c2cc(NC(=O)COc3cc(C)c(Br)cc3C)ccc21. The van der Waals surface area contributed by atoms with Gasteiger partial charge in [0.15, 0.2) is 6.61 Å². The highest BCUT2D eigenvalue weighted by Gasteiger charge is 2.12. The lowest BCUT2D eigenvalue weighted by Crippen LogP contribution is -2.20. The van der Waals surface area contributed by atoms with Crippen LogP contribution in [-0.2, 0) is 11.3 Å². The van der Waals surface area contributed by atoms with Gasteiger partial charge in [-0.1, -0.05) is 34.1 Å². The lowest BCUT2D eigenvalue weighted by atomic mass is 10.1. The molecule has 0 spiro atoms. The summed E-state index contributed by atoms with van der Waals surface area (Å²) < 4.78 is 9.07. The van der Waals surface area contributed by atoms with Crippen LogP contribution in [0.15, 0.2) is 59.1 Å². The van der Waals surface area contributed by atoms with Crippen molar-refractivity contribution in [1.82, 2.24) is 4.57 Å². The molecule has 1 N–H and O–H groups in total. The second-order valence-corrected chi connectivity index (χ2v) is 8.05. The van der Waals surface area contributed by atoms with Crippen LogP contribution < -0.4 is 10.1 Å². The normalized spacial score (nSPS) is 11.2. The molecular weight excluding hydrogens is 428 g/mol. The Bertz CT molecular complexity index is 1230. The number of nitrogens with one attached hydrogen (secondary N) is 1. The molecule has 0 aliphatic rings. The first-order valence-corrected chi connectivity index (χ1v) is 10.5. The van der Waals surface area contributed by atoms with Gasteiger partial charge in [0, 0.05) is 38.5 Å². The van der Waals surface area contributed by atoms with E-state index in [0.717, 1.165) is 39.0 Å². The van der Waals surface area contributed by atoms with Crippen molar-refractivity contribution in [3.05, 3.63) is 70.2 Å². The highest BCUT2D eigenvalue weighted by atomic mass is 79.9. The summed E-state index contributed by atoms with van der Waals surface area (Å²) in [5.74, 6) is 0.547. The highest BCUT2D eigenvalue weighted by molar-refractivity contribution is 9.10. The van der Waals surface area contributed by atoms with E-state index >= 15 is 0 Å². The number of carbonyl (C=O) groups is 1. The molecule has 1 aromatic heterocycles. The predicted octanol–water partition coefficient (Wildman–Crippen LogP) is 6.21. The molecule has 4 aromatic rings. The van der Waals surface area contributed by atoms with Crippen molar-refractivity contribution in [2.75, 3.05) is 11.9 Å². The number of para-hydroxylation sites is 1. The molecule has 0 atom stereocenters. The van der Waals surface area contributed by atoms with Gasteiger partial charge in [0.25, 0.3) is 5.91 Å². The number of benzene rings is 3. The van der Waals surface area contributed by atoms with Crippen LogP contribution in [0.1, 0.15) is 18.1 Å². The number of anilines is 1. The smallest absolute Gasteiger partial charge is 0.262 e. The third-order valence-electron chi connectivity index (χ3n) is 5.19. The maximum Gasteiger partial charge on any atom is 0.262 e. The number of rotatable bonds is 5. The number of hydrogen-bond donors (Lipinski definition) is 1. The third-order valence-corrected chi connectivity index (χ3v) is 6.04. The number of ether oxygens (including phenoxy) is 1. The number of aromatic nitrogens is 1. The fraction of sp³-hybridized carbons (Fsp3) is 0.208. The van der Waals surface area contributed by atoms with Gasteiger partial charge in [-0.05, 0) is 68.3 Å². The molecule has 1 heterocycles. The van der Waals surface area contributed by atoms with Crippen molar-refractivity contribution in [3.63, 3.8) is 0 Å². The molecule has 0 aliphatic heterocycles. The molecule has 0 fully saturated rings. The van der Waals surface area contributed by atoms with Gasteiger partial charge in [-0.15, -0.1) is 0 Å². The van der Waals surface area contributed by atoms with Crippen molar-refractivity contribution in [3.8, 4) is 5.75 Å². The van der Waals surface area contributed by atoms with Crippen molar-refractivity contribution >= 4 is 49.3 Å². The summed E-state index contributed by atoms with van der Waals surface area (Å²) >= 11 is 3.51. The Balaban J connectivity index is 1.54. The summed E-state index contributed by atoms with van der Waals surface area (Å²) in [5.41, 5.74) is 5.21. The fourth-order valence-corrected chi connectivity index (χ4v) is 4.18. The standard InChI is InChI=1S/C24H23BrN2O2/c1-4-27-21-8-6-5-7-18(21)19-13-17(9-10-22(19)27)26-24(28)14-29-23-12-15(2)20(25)11-16(23)3/h5-13H,4,14H2,1-3H3,(H,26,28). The fourth-order valence-electron chi connectivity index (χ4n) is 3.72. The zero-order valence-electron chi connectivity index (χ0n) is 16.8. The minimum Gasteiger partial charge on any atom is -0.483 e. The van der Waals surface area contributed by atoms with Crippen LogP contribution in [-0.4, -0.2) is 17.1 Å². The lowest BCUT2D eigenvalue weighted by molar-refractivity contribution is -0.118. The van der Waals surface area contributed by atoms with E-state index in [2.05, 4.69) is 57.0 Å². The van der Waals surface area contributed by atoms with E-state index < -0.39 is 0 Å². The maximum absolute atomic E-state index is 12.5. The summed E-state index contributed by atoms with van der Waals surface area (Å²) in [6.07, 6.45) is 0. The van der Waals surface area contributed by atoms with Gasteiger partial charge < -0.3 is 14.6 Å². The van der Waals surface area contributed by atoms with Gasteiger partial charge in [-0.25, -0.2) is 0 Å². The first kappa shape index (κ1) is 19.5. The van der Waals surface area contributed by atoms with Gasteiger partial charge >= 0.3 is 0 Å². The van der Waals surface area contributed by atoms with E-state index in [-0.39, 0.29) is 12.5 Å². The predicted molar refractivity (Wildman–Crippen MR) is 123 cm³/mol. The Hall–Kier alpha value is -2.79. The maximum atomic E-state index is 12.5. The molecular formula is C24H23BrN2O2. The average molecular weight is 451 g/mol. The van der Waals surface area contributed by atoms with Crippen molar-refractivity contribution in [1.29, 1.82) is 0 Å². The number of halogens is 1. The van der Waals surface area contributed by atoms with Crippen LogP contribution in [0.25, 0.3) is 21.8 Å². The summed E-state index contributed by atoms with van der Waals surface area (Å²) in [4.78, 5) is 12.5. The molecule has 0 aliphatic carbocycles. The Kier molecular flexibility index (Phi) is 5.33. The summed E-state index contributed by atoms with van der Waals surface area (Å²) in [7, 11) is 0. The number of amides is 1. The molecule has 1 amide bonds. The monoisotopic (exact) mass is 450 g/mol. The van der Waals surface area contributed by atoms with Crippen LogP contribution in [0.5, 0.6) is 5.75 Å². The summed E-state index contributed by atoms with van der Waals surface area (Å²) in [5, 5.41) is 5.29. The molecule has 0 radical (unpaired) electrons. The zero-order chi connectivity index (χ0) is 20.5. The van der Waals surface area contributed by atoms with Crippen LogP contribution >= 0.6 is 15.9 Å². The molecule has 3 aromatic carbocycles. The van der Waals surface area contributed by atoms with Crippen LogP contribution in [0.2, 0.25) is 0 Å². The van der Waals surface area contributed by atoms with E-state index in [1.54, 1.807) is 0 Å². The first-order valence-electron chi connectivity index (χ1n) is 9.68. The molecule has 29 heavy (non-hydrogen) atoms. The average Bonchev–Trinajstić information content (AvgIpc) is 3.03. The Morgan fingerprint density at radius 2 is 1.76 bits per heavy atom. The number of aryl methyl sites for hydroxylation is 3. The third kappa shape index (κ3) is 3.75. The summed E-state index contributed by atoms with van der Waals surface area (Å²) in [6.45, 7) is 6.98. The Morgan fingerprint density at radius 3 is 2.55 bits per heavy atom. The van der Waals surface area contributed by atoms with Crippen molar-refractivity contribution in [2.45, 2.75) is 27.3 Å².